The summed E-state index contributed by atoms with van der Waals surface area (Å²) in [5.74, 6) is 0.742. The highest BCUT2D eigenvalue weighted by molar-refractivity contribution is 5.87. The van der Waals surface area contributed by atoms with Gasteiger partial charge in [-0.15, -0.1) is 0 Å². The first kappa shape index (κ1) is 15.0. The zero-order chi connectivity index (χ0) is 16.7. The van der Waals surface area contributed by atoms with E-state index in [4.69, 9.17) is 5.11 Å². The second-order valence-electron chi connectivity index (χ2n) is 6.25. The monoisotopic (exact) mass is 327 g/mol. The Labute approximate surface area is 138 Å². The standard InChI is InChI=1S/C18H18FN3O2/c19-18-14(16-8-12-7-13(24)1-3-15(12)20-16)2-4-17(21-18)22-9-11(10-22)5-6-23/h1-4,7-8,11,20,23-24H,5-6,9-10H2. The van der Waals surface area contributed by atoms with Gasteiger partial charge in [-0.25, -0.2) is 4.98 Å². The molecule has 0 amide bonds. The van der Waals surface area contributed by atoms with Crippen molar-refractivity contribution in [3.63, 3.8) is 0 Å². The summed E-state index contributed by atoms with van der Waals surface area (Å²) in [6, 6.07) is 10.3. The molecule has 1 aliphatic heterocycles. The van der Waals surface area contributed by atoms with E-state index < -0.39 is 5.95 Å². The van der Waals surface area contributed by atoms with E-state index in [-0.39, 0.29) is 12.4 Å². The number of fused-ring (bicyclic) bond motifs is 1. The predicted molar refractivity (Wildman–Crippen MR) is 90.6 cm³/mol. The maximum Gasteiger partial charge on any atom is 0.224 e. The highest BCUT2D eigenvalue weighted by Gasteiger charge is 2.27. The lowest BCUT2D eigenvalue weighted by molar-refractivity contribution is 0.238. The normalized spacial score (nSPS) is 15.0. The van der Waals surface area contributed by atoms with Crippen LogP contribution in [0.5, 0.6) is 5.75 Å². The van der Waals surface area contributed by atoms with Crippen LogP contribution in [0.2, 0.25) is 0 Å². The van der Waals surface area contributed by atoms with Crippen LogP contribution in [0.15, 0.2) is 36.4 Å². The second-order valence-corrected chi connectivity index (χ2v) is 6.25. The molecule has 0 spiro atoms. The first-order valence-electron chi connectivity index (χ1n) is 7.98. The van der Waals surface area contributed by atoms with Crippen molar-refractivity contribution in [2.75, 3.05) is 24.6 Å². The van der Waals surface area contributed by atoms with Crippen LogP contribution in [0.4, 0.5) is 10.2 Å². The van der Waals surface area contributed by atoms with Crippen LogP contribution in [0.25, 0.3) is 22.2 Å². The number of halogens is 1. The van der Waals surface area contributed by atoms with Gasteiger partial charge in [0.2, 0.25) is 5.95 Å². The SMILES string of the molecule is OCCC1CN(c2ccc(-c3cc4cc(O)ccc4[nH]3)c(F)n2)C1. The van der Waals surface area contributed by atoms with E-state index in [1.165, 1.54) is 0 Å². The molecule has 5 nitrogen and oxygen atoms in total. The van der Waals surface area contributed by atoms with Gasteiger partial charge in [0.1, 0.15) is 11.6 Å². The molecule has 124 valence electrons. The smallest absolute Gasteiger partial charge is 0.224 e. The van der Waals surface area contributed by atoms with Gasteiger partial charge in [0.05, 0.1) is 11.3 Å². The molecule has 24 heavy (non-hydrogen) atoms. The highest BCUT2D eigenvalue weighted by Crippen LogP contribution is 2.30. The summed E-state index contributed by atoms with van der Waals surface area (Å²) in [7, 11) is 0. The third-order valence-electron chi connectivity index (χ3n) is 4.55. The number of aromatic nitrogens is 2. The van der Waals surface area contributed by atoms with Crippen LogP contribution < -0.4 is 4.90 Å². The van der Waals surface area contributed by atoms with Crippen LogP contribution in [0.1, 0.15) is 6.42 Å². The summed E-state index contributed by atoms with van der Waals surface area (Å²) in [5.41, 5.74) is 1.87. The Kier molecular flexibility index (Phi) is 3.61. The molecule has 3 N–H and O–H groups in total. The number of hydrogen-bond donors (Lipinski definition) is 3. The molecule has 0 atom stereocenters. The molecular weight excluding hydrogens is 309 g/mol. The number of phenols is 1. The molecule has 4 rings (SSSR count). The van der Waals surface area contributed by atoms with Gasteiger partial charge in [-0.1, -0.05) is 0 Å². The number of benzene rings is 1. The van der Waals surface area contributed by atoms with Crippen LogP contribution >= 0.6 is 0 Å². The first-order chi connectivity index (χ1) is 11.6. The van der Waals surface area contributed by atoms with Crippen molar-refractivity contribution in [3.05, 3.63) is 42.3 Å². The fourth-order valence-electron chi connectivity index (χ4n) is 3.19. The Balaban J connectivity index is 1.59. The van der Waals surface area contributed by atoms with E-state index in [0.29, 0.717) is 23.0 Å². The number of aromatic hydroxyl groups is 1. The molecule has 3 aromatic rings. The number of nitrogens with one attached hydrogen (secondary N) is 1. The molecule has 6 heteroatoms. The number of nitrogens with zero attached hydrogens (tertiary/aromatic N) is 2. The highest BCUT2D eigenvalue weighted by atomic mass is 19.1. The first-order valence-corrected chi connectivity index (χ1v) is 7.98. The Bertz CT molecular complexity index is 887. The third-order valence-corrected chi connectivity index (χ3v) is 4.55. The molecule has 1 aromatic carbocycles. The van der Waals surface area contributed by atoms with Gasteiger partial charge < -0.3 is 20.1 Å². The van der Waals surface area contributed by atoms with Gasteiger partial charge in [-0.05, 0) is 48.7 Å². The Morgan fingerprint density at radius 1 is 1.21 bits per heavy atom. The van der Waals surface area contributed by atoms with Gasteiger partial charge in [-0.3, -0.25) is 0 Å². The Hall–Kier alpha value is -2.60. The van der Waals surface area contributed by atoms with Gasteiger partial charge in [0, 0.05) is 30.6 Å². The largest absolute Gasteiger partial charge is 0.508 e. The maximum atomic E-state index is 14.5. The van der Waals surface area contributed by atoms with E-state index >= 15 is 0 Å². The number of aromatic amines is 1. The molecule has 1 saturated heterocycles. The average Bonchev–Trinajstić information content (AvgIpc) is 2.93. The van der Waals surface area contributed by atoms with Gasteiger partial charge in [0.15, 0.2) is 0 Å². The summed E-state index contributed by atoms with van der Waals surface area (Å²) in [6.07, 6.45) is 0.777. The fraction of sp³-hybridized carbons (Fsp3) is 0.278. The van der Waals surface area contributed by atoms with E-state index in [1.807, 2.05) is 11.0 Å². The zero-order valence-electron chi connectivity index (χ0n) is 13.0. The molecule has 3 heterocycles. The minimum Gasteiger partial charge on any atom is -0.508 e. The number of pyridine rings is 1. The number of H-pyrrole nitrogens is 1. The van der Waals surface area contributed by atoms with Gasteiger partial charge >= 0.3 is 0 Å². The molecule has 0 unspecified atom stereocenters. The molecule has 0 radical (unpaired) electrons. The fourth-order valence-corrected chi connectivity index (χ4v) is 3.19. The molecule has 0 aliphatic carbocycles. The Morgan fingerprint density at radius 2 is 2.04 bits per heavy atom. The van der Waals surface area contributed by atoms with Crippen LogP contribution in [-0.4, -0.2) is 39.9 Å². The van der Waals surface area contributed by atoms with E-state index in [2.05, 4.69) is 9.97 Å². The molecule has 0 saturated carbocycles. The van der Waals surface area contributed by atoms with Crippen molar-refractivity contribution in [1.29, 1.82) is 0 Å². The van der Waals surface area contributed by atoms with Crippen molar-refractivity contribution in [1.82, 2.24) is 9.97 Å². The van der Waals surface area contributed by atoms with Crippen molar-refractivity contribution in [2.45, 2.75) is 6.42 Å². The Morgan fingerprint density at radius 3 is 2.79 bits per heavy atom. The van der Waals surface area contributed by atoms with Crippen molar-refractivity contribution in [2.24, 2.45) is 5.92 Å². The summed E-state index contributed by atoms with van der Waals surface area (Å²) in [4.78, 5) is 9.24. The van der Waals surface area contributed by atoms with E-state index in [1.54, 1.807) is 30.3 Å². The molecule has 2 aromatic heterocycles. The van der Waals surface area contributed by atoms with Crippen LogP contribution in [0, 0.1) is 11.9 Å². The summed E-state index contributed by atoms with van der Waals surface area (Å²) < 4.78 is 14.5. The van der Waals surface area contributed by atoms with Crippen molar-refractivity contribution >= 4 is 16.7 Å². The van der Waals surface area contributed by atoms with Crippen LogP contribution in [-0.2, 0) is 0 Å². The third kappa shape index (κ3) is 2.59. The zero-order valence-corrected chi connectivity index (χ0v) is 13.0. The summed E-state index contributed by atoms with van der Waals surface area (Å²) >= 11 is 0. The van der Waals surface area contributed by atoms with Crippen LogP contribution in [0.3, 0.4) is 0 Å². The number of hydrogen-bond acceptors (Lipinski definition) is 4. The lowest BCUT2D eigenvalue weighted by atomic mass is 9.97. The quantitative estimate of drug-likeness (QED) is 0.644. The number of rotatable bonds is 4. The molecular formula is C18H18FN3O2. The van der Waals surface area contributed by atoms with E-state index in [0.717, 1.165) is 30.4 Å². The van der Waals surface area contributed by atoms with Gasteiger partial charge in [0.25, 0.3) is 0 Å². The summed E-state index contributed by atoms with van der Waals surface area (Å²) in [5, 5.41) is 19.3. The van der Waals surface area contributed by atoms with E-state index in [9.17, 15) is 9.50 Å². The molecule has 0 bridgehead atoms. The number of phenolic OH excluding ortho intramolecular Hbond substituents is 1. The molecule has 1 aliphatic rings. The predicted octanol–water partition coefficient (Wildman–Crippen LogP) is 2.89. The topological polar surface area (TPSA) is 72.4 Å². The minimum absolute atomic E-state index is 0.178. The van der Waals surface area contributed by atoms with Gasteiger partial charge in [-0.2, -0.15) is 4.39 Å². The lowest BCUT2D eigenvalue weighted by Gasteiger charge is -2.40. The maximum absolute atomic E-state index is 14.5. The average molecular weight is 327 g/mol. The number of aliphatic hydroxyl groups is 1. The van der Waals surface area contributed by atoms with Crippen molar-refractivity contribution < 1.29 is 14.6 Å². The second kappa shape index (κ2) is 5.79. The van der Waals surface area contributed by atoms with Crippen molar-refractivity contribution in [3.8, 4) is 17.0 Å². The molecule has 1 fully saturated rings. The minimum atomic E-state index is -0.520. The summed E-state index contributed by atoms with van der Waals surface area (Å²) in [6.45, 7) is 1.80. The number of aliphatic hydroxyl groups excluding tert-OH is 1. The number of anilines is 1. The lowest BCUT2D eigenvalue weighted by Crippen LogP contribution is -2.47.